The van der Waals surface area contributed by atoms with Crippen molar-refractivity contribution in [2.24, 2.45) is 16.2 Å². The molecular weight excluding hydrogens is 755 g/mol. The van der Waals surface area contributed by atoms with Crippen LogP contribution in [0.3, 0.4) is 0 Å². The zero-order chi connectivity index (χ0) is 42.4. The third-order valence-electron chi connectivity index (χ3n) is 11.4. The summed E-state index contributed by atoms with van der Waals surface area (Å²) in [7, 11) is 0. The predicted molar refractivity (Wildman–Crippen MR) is 226 cm³/mol. The van der Waals surface area contributed by atoms with Crippen molar-refractivity contribution < 1.29 is 33.8 Å². The molecule has 0 radical (unpaired) electrons. The second-order valence-corrected chi connectivity index (χ2v) is 19.3. The van der Waals surface area contributed by atoms with Crippen LogP contribution in [0.25, 0.3) is 10.4 Å². The van der Waals surface area contributed by atoms with Crippen molar-refractivity contribution in [2.75, 3.05) is 26.4 Å². The molecule has 4 amide bonds. The SMILES string of the molecule is Cc1ncsc1-c1ccc([C@H](C)NC(=O)[C@@H]2C[C@@H](O)CN2C(=O)[C@@H](NC(=O)COCCCCCOc2ccc(C(=O)NC3C(C)(C)CC3(C)C)cc2)C(C)(C)C)cc1. The average Bonchev–Trinajstić information content (AvgIpc) is 3.78. The van der Waals surface area contributed by atoms with Gasteiger partial charge in [0.1, 0.15) is 24.4 Å². The first-order chi connectivity index (χ1) is 27.3. The number of nitrogens with zero attached hydrogens (tertiary/aromatic N) is 2. The number of benzene rings is 2. The number of unbranched alkanes of at least 4 members (excludes halogenated alkanes) is 2. The number of aryl methyl sites for hydroxylation is 1. The number of aliphatic hydroxyl groups excluding tert-OH is 1. The molecule has 12 nitrogen and oxygen atoms in total. The summed E-state index contributed by atoms with van der Waals surface area (Å²) in [6.45, 7) is 18.8. The highest BCUT2D eigenvalue weighted by molar-refractivity contribution is 7.13. The lowest BCUT2D eigenvalue weighted by atomic mass is 9.52. The van der Waals surface area contributed by atoms with E-state index in [-0.39, 0.29) is 54.3 Å². The van der Waals surface area contributed by atoms with Gasteiger partial charge in [0.25, 0.3) is 5.91 Å². The molecule has 2 aromatic carbocycles. The van der Waals surface area contributed by atoms with E-state index < -0.39 is 35.4 Å². The fraction of sp³-hybridized carbons (Fsp3) is 0.578. The molecular formula is C45H63N5O7S. The largest absolute Gasteiger partial charge is 0.494 e. The number of amides is 4. The number of hydrogen-bond donors (Lipinski definition) is 4. The minimum Gasteiger partial charge on any atom is -0.494 e. The van der Waals surface area contributed by atoms with Crippen LogP contribution in [-0.4, -0.2) is 89.2 Å². The molecule has 2 fully saturated rings. The Labute approximate surface area is 347 Å². The lowest BCUT2D eigenvalue weighted by Gasteiger charge is -2.57. The predicted octanol–water partition coefficient (Wildman–Crippen LogP) is 6.61. The Morgan fingerprint density at radius 2 is 1.60 bits per heavy atom. The molecule has 1 aliphatic heterocycles. The molecule has 316 valence electrons. The minimum absolute atomic E-state index is 0.00304. The maximum Gasteiger partial charge on any atom is 0.251 e. The maximum atomic E-state index is 14.0. The second kappa shape index (κ2) is 18.7. The highest BCUT2D eigenvalue weighted by Crippen LogP contribution is 2.53. The van der Waals surface area contributed by atoms with E-state index in [1.165, 1.54) is 4.90 Å². The quantitative estimate of drug-likeness (QED) is 0.111. The Morgan fingerprint density at radius 3 is 2.21 bits per heavy atom. The molecule has 2 heterocycles. The van der Waals surface area contributed by atoms with Gasteiger partial charge in [-0.05, 0) is 91.2 Å². The first-order valence-electron chi connectivity index (χ1n) is 20.5. The van der Waals surface area contributed by atoms with E-state index in [0.717, 1.165) is 47.4 Å². The van der Waals surface area contributed by atoms with Crippen molar-refractivity contribution in [3.63, 3.8) is 0 Å². The number of ether oxygens (including phenoxy) is 2. The fourth-order valence-electron chi connectivity index (χ4n) is 8.67. The molecule has 1 saturated carbocycles. The van der Waals surface area contributed by atoms with Crippen LogP contribution in [0.2, 0.25) is 0 Å². The van der Waals surface area contributed by atoms with Gasteiger partial charge in [-0.25, -0.2) is 4.98 Å². The lowest BCUT2D eigenvalue weighted by Crippen LogP contribution is -2.63. The van der Waals surface area contributed by atoms with Crippen molar-refractivity contribution in [1.29, 1.82) is 0 Å². The number of aliphatic hydroxyl groups is 1. The zero-order valence-corrected chi connectivity index (χ0v) is 36.5. The number of thiazole rings is 1. The summed E-state index contributed by atoms with van der Waals surface area (Å²) in [5.41, 5.74) is 4.85. The number of carbonyl (C=O) groups is 4. The van der Waals surface area contributed by atoms with E-state index in [4.69, 9.17) is 9.47 Å². The molecule has 1 saturated heterocycles. The number of aromatic nitrogens is 1. The van der Waals surface area contributed by atoms with Gasteiger partial charge >= 0.3 is 0 Å². The van der Waals surface area contributed by atoms with E-state index in [1.807, 2.05) is 76.5 Å². The van der Waals surface area contributed by atoms with Crippen LogP contribution >= 0.6 is 11.3 Å². The summed E-state index contributed by atoms with van der Waals surface area (Å²) in [6.07, 6.45) is 2.66. The Morgan fingerprint density at radius 1 is 0.948 bits per heavy atom. The molecule has 4 atom stereocenters. The van der Waals surface area contributed by atoms with Gasteiger partial charge in [-0.2, -0.15) is 0 Å². The van der Waals surface area contributed by atoms with Crippen LogP contribution in [0.4, 0.5) is 0 Å². The third kappa shape index (κ3) is 11.2. The van der Waals surface area contributed by atoms with Gasteiger partial charge < -0.3 is 35.4 Å². The van der Waals surface area contributed by atoms with Crippen molar-refractivity contribution in [2.45, 2.75) is 125 Å². The summed E-state index contributed by atoms with van der Waals surface area (Å²) >= 11 is 1.58. The Kier molecular flexibility index (Phi) is 14.4. The van der Waals surface area contributed by atoms with Crippen LogP contribution in [0.1, 0.15) is 115 Å². The van der Waals surface area contributed by atoms with Crippen molar-refractivity contribution in [3.8, 4) is 16.2 Å². The molecule has 1 aliphatic carbocycles. The van der Waals surface area contributed by atoms with E-state index in [2.05, 4.69) is 48.6 Å². The molecule has 0 unspecified atom stereocenters. The van der Waals surface area contributed by atoms with Crippen LogP contribution < -0.4 is 20.7 Å². The summed E-state index contributed by atoms with van der Waals surface area (Å²) in [6, 6.07) is 13.1. The Hall–Kier alpha value is -4.33. The molecule has 58 heavy (non-hydrogen) atoms. The maximum absolute atomic E-state index is 14.0. The first kappa shape index (κ1) is 44.8. The van der Waals surface area contributed by atoms with Crippen molar-refractivity contribution in [1.82, 2.24) is 25.8 Å². The van der Waals surface area contributed by atoms with E-state index in [9.17, 15) is 24.3 Å². The summed E-state index contributed by atoms with van der Waals surface area (Å²) in [4.78, 5) is 60.3. The number of β-amino-alcohol motifs (C(OH)–C–C–N with tert-alkyl or cyclic N) is 1. The Balaban J connectivity index is 1.02. The monoisotopic (exact) mass is 817 g/mol. The third-order valence-corrected chi connectivity index (χ3v) is 12.3. The van der Waals surface area contributed by atoms with E-state index in [1.54, 1.807) is 23.5 Å². The Bertz CT molecular complexity index is 1870. The summed E-state index contributed by atoms with van der Waals surface area (Å²) in [5.74, 6) is -0.583. The van der Waals surface area contributed by atoms with Gasteiger partial charge in [-0.1, -0.05) is 72.7 Å². The first-order valence-corrected chi connectivity index (χ1v) is 21.3. The number of carbonyl (C=O) groups excluding carboxylic acids is 4. The van der Waals surface area contributed by atoms with Gasteiger partial charge in [-0.15, -0.1) is 11.3 Å². The van der Waals surface area contributed by atoms with Crippen molar-refractivity contribution in [3.05, 3.63) is 70.9 Å². The van der Waals surface area contributed by atoms with Gasteiger partial charge in [0, 0.05) is 31.2 Å². The molecule has 13 heteroatoms. The van der Waals surface area contributed by atoms with Gasteiger partial charge in [0.05, 0.1) is 34.8 Å². The smallest absolute Gasteiger partial charge is 0.251 e. The van der Waals surface area contributed by atoms with Crippen LogP contribution in [0, 0.1) is 23.2 Å². The molecule has 4 N–H and O–H groups in total. The zero-order valence-electron chi connectivity index (χ0n) is 35.6. The highest BCUT2D eigenvalue weighted by Gasteiger charge is 2.53. The average molecular weight is 818 g/mol. The highest BCUT2D eigenvalue weighted by atomic mass is 32.1. The number of hydrogen-bond acceptors (Lipinski definition) is 9. The normalized spacial score (nSPS) is 19.8. The second-order valence-electron chi connectivity index (χ2n) is 18.4. The molecule has 2 aliphatic rings. The number of likely N-dealkylation sites (tertiary alicyclic amines) is 1. The van der Waals surface area contributed by atoms with Gasteiger partial charge in [-0.3, -0.25) is 19.2 Å². The fourth-order valence-corrected chi connectivity index (χ4v) is 9.48. The number of nitrogens with one attached hydrogen (secondary N) is 3. The van der Waals surface area contributed by atoms with Gasteiger partial charge in [0.2, 0.25) is 17.7 Å². The van der Waals surface area contributed by atoms with Crippen LogP contribution in [-0.2, 0) is 19.1 Å². The summed E-state index contributed by atoms with van der Waals surface area (Å²) < 4.78 is 11.5. The number of rotatable bonds is 17. The molecule has 5 rings (SSSR count). The topological polar surface area (TPSA) is 159 Å². The van der Waals surface area contributed by atoms with Gasteiger partial charge in [0.15, 0.2) is 0 Å². The van der Waals surface area contributed by atoms with Crippen molar-refractivity contribution >= 4 is 35.0 Å². The molecule has 0 bridgehead atoms. The van der Waals surface area contributed by atoms with E-state index >= 15 is 0 Å². The summed E-state index contributed by atoms with van der Waals surface area (Å²) in [5, 5.41) is 19.7. The lowest BCUT2D eigenvalue weighted by molar-refractivity contribution is -0.144. The molecule has 1 aromatic heterocycles. The van der Waals surface area contributed by atoms with E-state index in [0.29, 0.717) is 24.5 Å². The minimum atomic E-state index is -0.938. The molecule has 0 spiro atoms. The van der Waals surface area contributed by atoms with Crippen LogP contribution in [0.15, 0.2) is 54.0 Å². The van der Waals surface area contributed by atoms with Crippen LogP contribution in [0.5, 0.6) is 5.75 Å². The standard InChI is InChI=1S/C45H63N5O7S/c1-28(30-13-15-31(16-14-30)37-29(2)46-27-58-37)47-40(54)35-23-33(51)24-50(35)41(55)38(43(3,4)5)48-36(52)25-56-21-11-10-12-22-57-34-19-17-32(18-20-34)39(53)49-42-44(6,7)26-45(42,8)9/h13-20,27-28,33,35,38,42,51H,10-12,21-26H2,1-9H3,(H,47,54)(H,48,52)(H,49,53)/t28-,33+,35-,38+/m0/s1. The molecule has 3 aromatic rings.